The minimum atomic E-state index is -1.63. The summed E-state index contributed by atoms with van der Waals surface area (Å²) in [6.07, 6.45) is 4.73. The average molecular weight is 393 g/mol. The summed E-state index contributed by atoms with van der Waals surface area (Å²) in [7, 11) is 0. The number of thiol groups is 1. The van der Waals surface area contributed by atoms with Gasteiger partial charge >= 0.3 is 0 Å². The van der Waals surface area contributed by atoms with E-state index in [-0.39, 0.29) is 41.0 Å². The van der Waals surface area contributed by atoms with Gasteiger partial charge in [0.1, 0.15) is 18.0 Å². The molecule has 4 aliphatic rings. The lowest BCUT2D eigenvalue weighted by atomic mass is 9.45. The van der Waals surface area contributed by atoms with Crippen molar-refractivity contribution >= 4 is 30.0 Å². The van der Waals surface area contributed by atoms with Crippen LogP contribution in [0.2, 0.25) is 0 Å². The van der Waals surface area contributed by atoms with Gasteiger partial charge in [-0.05, 0) is 43.6 Å². The molecule has 0 heterocycles. The van der Waals surface area contributed by atoms with Crippen molar-refractivity contribution in [2.45, 2.75) is 63.2 Å². The average Bonchev–Trinajstić information content (AvgIpc) is 2.87. The second-order valence-corrected chi connectivity index (χ2v) is 10.1. The summed E-state index contributed by atoms with van der Waals surface area (Å²) < 4.78 is 0. The topological polar surface area (TPSA) is 91.7 Å². The van der Waals surface area contributed by atoms with Gasteiger partial charge in [0, 0.05) is 34.8 Å². The first kappa shape index (κ1) is 19.3. The number of rotatable bonds is 2. The van der Waals surface area contributed by atoms with Crippen LogP contribution in [0.1, 0.15) is 52.4 Å². The standard InChI is InChI=1S/C21H28O5S/c1-19-9-15(24)18-13(14(19)5-6-21(19,26)16(25)10-22)4-3-11-7-12(23)8-17(27)20(11,18)2/h7,13-14,17-18,22,26-27H,3-6,8-10H2,1-2H3/t13-,14-,17?,18+,19-,20+,21-/m0/s1. The summed E-state index contributed by atoms with van der Waals surface area (Å²) in [6.45, 7) is 3.22. The number of hydrogen-bond acceptors (Lipinski definition) is 6. The first-order chi connectivity index (χ1) is 12.6. The number of fused-ring (bicyclic) bond motifs is 5. The minimum absolute atomic E-state index is 0.0530. The Morgan fingerprint density at radius 1 is 1.30 bits per heavy atom. The maximum Gasteiger partial charge on any atom is 0.190 e. The van der Waals surface area contributed by atoms with Gasteiger partial charge in [0.05, 0.1) is 0 Å². The van der Waals surface area contributed by atoms with E-state index >= 15 is 0 Å². The Labute approximate surface area is 165 Å². The third-order valence-corrected chi connectivity index (χ3v) is 9.24. The van der Waals surface area contributed by atoms with E-state index in [4.69, 9.17) is 12.6 Å². The molecule has 0 aromatic rings. The quantitative estimate of drug-likeness (QED) is 0.625. The van der Waals surface area contributed by atoms with Crippen LogP contribution in [0.3, 0.4) is 0 Å². The molecule has 5 nitrogen and oxygen atoms in total. The third kappa shape index (κ3) is 2.29. The molecule has 2 N–H and O–H groups in total. The van der Waals surface area contributed by atoms with Crippen LogP contribution in [0.25, 0.3) is 0 Å². The van der Waals surface area contributed by atoms with Crippen LogP contribution < -0.4 is 0 Å². The van der Waals surface area contributed by atoms with Crippen molar-refractivity contribution in [1.82, 2.24) is 0 Å². The second-order valence-electron chi connectivity index (χ2n) is 9.47. The predicted molar refractivity (Wildman–Crippen MR) is 102 cm³/mol. The van der Waals surface area contributed by atoms with E-state index in [0.29, 0.717) is 19.3 Å². The van der Waals surface area contributed by atoms with Crippen LogP contribution in [-0.4, -0.2) is 45.0 Å². The minimum Gasteiger partial charge on any atom is -0.388 e. The van der Waals surface area contributed by atoms with E-state index < -0.39 is 28.8 Å². The molecule has 148 valence electrons. The number of ketones is 3. The van der Waals surface area contributed by atoms with Crippen molar-refractivity contribution in [2.24, 2.45) is 28.6 Å². The lowest BCUT2D eigenvalue weighted by Crippen LogP contribution is -2.62. The molecule has 0 aromatic carbocycles. The number of allylic oxidation sites excluding steroid dienone is 1. The van der Waals surface area contributed by atoms with Gasteiger partial charge in [-0.2, -0.15) is 12.6 Å². The number of aliphatic hydroxyl groups excluding tert-OH is 1. The SMILES string of the molecule is C[C@]12CC(=O)[C@H]3[C@@H](CCC4=CC(=O)CC(S)[C@@]43C)[C@@H]1CC[C@]2(O)C(=O)CO. The van der Waals surface area contributed by atoms with E-state index in [1.54, 1.807) is 6.08 Å². The van der Waals surface area contributed by atoms with E-state index in [2.05, 4.69) is 6.92 Å². The highest BCUT2D eigenvalue weighted by Crippen LogP contribution is 2.67. The fourth-order valence-electron chi connectivity index (χ4n) is 7.01. The molecule has 0 aliphatic heterocycles. The van der Waals surface area contributed by atoms with Crippen LogP contribution in [0.15, 0.2) is 11.6 Å². The summed E-state index contributed by atoms with van der Waals surface area (Å²) in [5.74, 6) is -0.530. The Morgan fingerprint density at radius 2 is 2.00 bits per heavy atom. The number of carbonyl (C=O) groups is 3. The van der Waals surface area contributed by atoms with Crippen LogP contribution in [0.4, 0.5) is 0 Å². The number of Topliss-reactive ketones (excluding diaryl/α,β-unsaturated/α-hetero) is 2. The van der Waals surface area contributed by atoms with Crippen molar-refractivity contribution in [3.8, 4) is 0 Å². The zero-order valence-electron chi connectivity index (χ0n) is 15.9. The molecular formula is C21H28O5S. The van der Waals surface area contributed by atoms with Crippen LogP contribution in [0.5, 0.6) is 0 Å². The molecule has 0 spiro atoms. The van der Waals surface area contributed by atoms with E-state index in [1.807, 2.05) is 6.92 Å². The summed E-state index contributed by atoms with van der Waals surface area (Å²) >= 11 is 4.74. The van der Waals surface area contributed by atoms with Gasteiger partial charge in [0.2, 0.25) is 0 Å². The Bertz CT molecular complexity index is 760. The number of carbonyl (C=O) groups excluding carboxylic acids is 3. The summed E-state index contributed by atoms with van der Waals surface area (Å²) in [6, 6.07) is 0. The van der Waals surface area contributed by atoms with E-state index in [0.717, 1.165) is 18.4 Å². The Balaban J connectivity index is 1.77. The van der Waals surface area contributed by atoms with Gasteiger partial charge in [0.25, 0.3) is 0 Å². The monoisotopic (exact) mass is 392 g/mol. The Kier molecular flexibility index (Phi) is 4.30. The number of hydrogen-bond donors (Lipinski definition) is 3. The highest BCUT2D eigenvalue weighted by Gasteiger charge is 2.69. The zero-order chi connectivity index (χ0) is 19.8. The van der Waals surface area contributed by atoms with Gasteiger partial charge in [0.15, 0.2) is 11.6 Å². The molecule has 0 radical (unpaired) electrons. The van der Waals surface area contributed by atoms with Gasteiger partial charge in [-0.25, -0.2) is 0 Å². The molecule has 7 atom stereocenters. The fraction of sp³-hybridized carbons (Fsp3) is 0.762. The summed E-state index contributed by atoms with van der Waals surface area (Å²) in [5, 5.41) is 20.4. The van der Waals surface area contributed by atoms with Crippen molar-refractivity contribution in [1.29, 1.82) is 0 Å². The molecular weight excluding hydrogens is 364 g/mol. The molecule has 0 bridgehead atoms. The molecule has 6 heteroatoms. The first-order valence-corrected chi connectivity index (χ1v) is 10.4. The van der Waals surface area contributed by atoms with Gasteiger partial charge in [-0.1, -0.05) is 19.4 Å². The molecule has 0 saturated heterocycles. The lowest BCUT2D eigenvalue weighted by molar-refractivity contribution is -0.170. The number of aliphatic hydroxyl groups is 2. The molecule has 3 fully saturated rings. The molecule has 0 aromatic heterocycles. The molecule has 1 unspecified atom stereocenters. The fourth-order valence-corrected chi connectivity index (χ4v) is 7.52. The van der Waals surface area contributed by atoms with Crippen LogP contribution in [0, 0.1) is 28.6 Å². The van der Waals surface area contributed by atoms with Crippen LogP contribution in [-0.2, 0) is 14.4 Å². The van der Waals surface area contributed by atoms with Crippen molar-refractivity contribution in [3.63, 3.8) is 0 Å². The second kappa shape index (κ2) is 6.01. The normalized spacial score (nSPS) is 49.1. The molecule has 0 amide bonds. The summed E-state index contributed by atoms with van der Waals surface area (Å²) in [5.41, 5.74) is -1.87. The van der Waals surface area contributed by atoms with Gasteiger partial charge < -0.3 is 10.2 Å². The maximum atomic E-state index is 13.4. The predicted octanol–water partition coefficient (Wildman–Crippen LogP) is 1.90. The molecule has 27 heavy (non-hydrogen) atoms. The molecule has 4 aliphatic carbocycles. The maximum absolute atomic E-state index is 13.4. The Hall–Kier alpha value is -0.980. The van der Waals surface area contributed by atoms with Gasteiger partial charge in [-0.3, -0.25) is 14.4 Å². The van der Waals surface area contributed by atoms with Crippen molar-refractivity contribution < 1.29 is 24.6 Å². The first-order valence-electron chi connectivity index (χ1n) is 9.91. The largest absolute Gasteiger partial charge is 0.388 e. The summed E-state index contributed by atoms with van der Waals surface area (Å²) in [4.78, 5) is 37.8. The molecule has 4 rings (SSSR count). The van der Waals surface area contributed by atoms with Crippen molar-refractivity contribution in [2.75, 3.05) is 6.61 Å². The van der Waals surface area contributed by atoms with Gasteiger partial charge in [-0.15, -0.1) is 0 Å². The van der Waals surface area contributed by atoms with Crippen LogP contribution >= 0.6 is 12.6 Å². The highest BCUT2D eigenvalue weighted by molar-refractivity contribution is 7.81. The van der Waals surface area contributed by atoms with E-state index in [1.165, 1.54) is 0 Å². The third-order valence-electron chi connectivity index (χ3n) is 8.53. The van der Waals surface area contributed by atoms with E-state index in [9.17, 15) is 24.6 Å². The van der Waals surface area contributed by atoms with Crippen molar-refractivity contribution in [3.05, 3.63) is 11.6 Å². The smallest absolute Gasteiger partial charge is 0.190 e. The lowest BCUT2D eigenvalue weighted by Gasteiger charge is -2.59. The Morgan fingerprint density at radius 3 is 2.67 bits per heavy atom. The zero-order valence-corrected chi connectivity index (χ0v) is 16.8. The molecule has 3 saturated carbocycles. The highest BCUT2D eigenvalue weighted by atomic mass is 32.1.